The maximum atomic E-state index is 6.46. The molecule has 0 N–H and O–H groups in total. The summed E-state index contributed by atoms with van der Waals surface area (Å²) in [6.07, 6.45) is 0. The Morgan fingerprint density at radius 3 is 1.06 bits per heavy atom. The molecule has 2 nitrogen and oxygen atoms in total. The normalized spacial score (nSPS) is 10.9. The van der Waals surface area contributed by atoms with E-state index in [-0.39, 0.29) is 0 Å². The molecule has 0 saturated heterocycles. The van der Waals surface area contributed by atoms with Gasteiger partial charge in [0, 0.05) is 41.8 Å². The van der Waals surface area contributed by atoms with Gasteiger partial charge < -0.3 is 9.47 Å². The monoisotopic (exact) mass is 738 g/mol. The summed E-state index contributed by atoms with van der Waals surface area (Å²) in [4.78, 5) is 3.70. The summed E-state index contributed by atoms with van der Waals surface area (Å²) in [6.45, 7) is 0. The maximum Gasteiger partial charge on any atom is 0.135 e. The molecule has 0 aromatic heterocycles. The van der Waals surface area contributed by atoms with Crippen molar-refractivity contribution < 1.29 is 9.47 Å². The van der Waals surface area contributed by atoms with Gasteiger partial charge in [0.25, 0.3) is 0 Å². The molecule has 0 fully saturated rings. The van der Waals surface area contributed by atoms with Crippen LogP contribution in [0.3, 0.4) is 0 Å². The molecule has 0 bridgehead atoms. The number of ether oxygens (including phenoxy) is 2. The van der Waals surface area contributed by atoms with Crippen LogP contribution in [-0.2, 0) is 0 Å². The minimum absolute atomic E-state index is 0.758. The quantitative estimate of drug-likeness (QED) is 0.136. The molecule has 0 amide bonds. The topological polar surface area (TPSA) is 18.5 Å². The fourth-order valence-corrected chi connectivity index (χ4v) is 8.08. The zero-order valence-electron chi connectivity index (χ0n) is 28.6. The van der Waals surface area contributed by atoms with Crippen LogP contribution in [0.25, 0.3) is 44.5 Å². The molecule has 5 heteroatoms. The first-order chi connectivity index (χ1) is 26.1. The second-order valence-corrected chi connectivity index (χ2v) is 14.4. The lowest BCUT2D eigenvalue weighted by molar-refractivity contribution is 0.484. The largest absolute Gasteiger partial charge is 0.457 e. The van der Waals surface area contributed by atoms with Crippen LogP contribution >= 0.6 is 37.0 Å². The second-order valence-electron chi connectivity index (χ2n) is 12.4. The van der Waals surface area contributed by atoms with Crippen LogP contribution in [-0.4, -0.2) is 0 Å². The van der Waals surface area contributed by atoms with Gasteiger partial charge in [0.05, 0.1) is 0 Å². The van der Waals surface area contributed by atoms with Gasteiger partial charge in [-0.25, -0.2) is 0 Å². The van der Waals surface area contributed by atoms with Crippen LogP contribution in [0.5, 0.6) is 23.0 Å². The van der Waals surface area contributed by atoms with Gasteiger partial charge in [0.15, 0.2) is 0 Å². The summed E-state index contributed by atoms with van der Waals surface area (Å²) >= 11 is 12.2. The summed E-state index contributed by atoms with van der Waals surface area (Å²) in [5.41, 5.74) is 8.25. The highest BCUT2D eigenvalue weighted by Gasteiger charge is 2.20. The minimum atomic E-state index is 0.758. The summed E-state index contributed by atoms with van der Waals surface area (Å²) in [7, 11) is 0. The molecule has 0 spiro atoms. The Bertz CT molecular complexity index is 2310. The first-order valence-corrected chi connectivity index (χ1v) is 19.0. The van der Waals surface area contributed by atoms with Gasteiger partial charge >= 0.3 is 0 Å². The van der Waals surface area contributed by atoms with Crippen LogP contribution in [0.15, 0.2) is 214 Å². The zero-order valence-corrected chi connectivity index (χ0v) is 31.2. The fourth-order valence-electron chi connectivity index (χ4n) is 6.28. The van der Waals surface area contributed by atoms with Crippen molar-refractivity contribution in [1.29, 1.82) is 0 Å². The lowest BCUT2D eigenvalue weighted by Gasteiger charge is -2.19. The van der Waals surface area contributed by atoms with Crippen molar-refractivity contribution >= 4 is 37.0 Å². The van der Waals surface area contributed by atoms with Gasteiger partial charge in [0.2, 0.25) is 0 Å². The molecule has 0 saturated carbocycles. The molecule has 0 aliphatic carbocycles. The maximum absolute atomic E-state index is 6.46. The molecular weight excluding hydrogens is 705 g/mol. The highest BCUT2D eigenvalue weighted by atomic mass is 32.2. The third kappa shape index (κ3) is 7.79. The number of hydrogen-bond donors (Lipinski definition) is 2. The Morgan fingerprint density at radius 2 is 0.660 bits per heavy atom. The van der Waals surface area contributed by atoms with E-state index in [0.29, 0.717) is 0 Å². The van der Waals surface area contributed by atoms with Gasteiger partial charge in [-0.1, -0.05) is 145 Å². The zero-order chi connectivity index (χ0) is 36.0. The second kappa shape index (κ2) is 16.0. The van der Waals surface area contributed by atoms with Crippen LogP contribution in [0.1, 0.15) is 0 Å². The smallest absolute Gasteiger partial charge is 0.135 e. The van der Waals surface area contributed by atoms with E-state index in [1.165, 1.54) is 0 Å². The van der Waals surface area contributed by atoms with Crippen LogP contribution < -0.4 is 9.47 Å². The minimum Gasteiger partial charge on any atom is -0.457 e. The Kier molecular flexibility index (Phi) is 10.4. The fraction of sp³-hybridized carbons (Fsp3) is 0. The Balaban J connectivity index is 1.29. The molecule has 0 radical (unpaired) electrons. The average Bonchev–Trinajstić information content (AvgIpc) is 3.21. The van der Waals surface area contributed by atoms with Gasteiger partial charge in [-0.2, -0.15) is 0 Å². The SMILES string of the molecule is Sc1c(Sc2cc(-c3ccccc3)cc(-c3ccccc3Oc3ccccc3)c2S)cc(-c2ccccc2)cc1-c1ccccc1Oc1ccccc1. The molecule has 0 aliphatic heterocycles. The number of benzene rings is 8. The summed E-state index contributed by atoms with van der Waals surface area (Å²) in [5, 5.41) is 0. The molecule has 0 aliphatic rings. The molecule has 0 unspecified atom stereocenters. The third-order valence-electron chi connectivity index (χ3n) is 8.88. The lowest BCUT2D eigenvalue weighted by Crippen LogP contribution is -1.94. The molecule has 0 heterocycles. The van der Waals surface area contributed by atoms with Gasteiger partial charge in [0.1, 0.15) is 23.0 Å². The van der Waals surface area contributed by atoms with Crippen LogP contribution in [0.2, 0.25) is 0 Å². The molecular formula is C48H34O2S3. The summed E-state index contributed by atoms with van der Waals surface area (Å²) < 4.78 is 12.9. The molecule has 53 heavy (non-hydrogen) atoms. The van der Waals surface area contributed by atoms with E-state index in [1.54, 1.807) is 11.8 Å². The molecule has 8 rings (SSSR count). The highest BCUT2D eigenvalue weighted by molar-refractivity contribution is 8.00. The van der Waals surface area contributed by atoms with Crippen molar-refractivity contribution in [3.05, 3.63) is 194 Å². The van der Waals surface area contributed by atoms with Gasteiger partial charge in [-0.3, -0.25) is 0 Å². The van der Waals surface area contributed by atoms with Crippen molar-refractivity contribution in [2.45, 2.75) is 19.6 Å². The van der Waals surface area contributed by atoms with E-state index in [0.717, 1.165) is 87.1 Å². The molecule has 256 valence electrons. The third-order valence-corrected chi connectivity index (χ3v) is 11.2. The van der Waals surface area contributed by atoms with Gasteiger partial charge in [-0.15, -0.1) is 25.3 Å². The standard InChI is InChI=1S/C48H34O2S3/c51-47-41(39-25-13-15-27-43(39)49-37-21-9-3-10-22-37)29-35(33-17-5-1-6-18-33)31-45(47)53-46-32-36(34-19-7-2-8-20-34)30-42(48(46)52)40-26-14-16-28-44(40)50-38-23-11-4-12-24-38/h1-32,51-52H. The Morgan fingerprint density at radius 1 is 0.321 bits per heavy atom. The molecule has 0 atom stereocenters. The highest BCUT2D eigenvalue weighted by Crippen LogP contribution is 2.49. The van der Waals surface area contributed by atoms with E-state index in [1.807, 2.05) is 109 Å². The molecule has 8 aromatic rings. The van der Waals surface area contributed by atoms with Gasteiger partial charge in [-0.05, 0) is 82.9 Å². The van der Waals surface area contributed by atoms with E-state index < -0.39 is 0 Å². The van der Waals surface area contributed by atoms with Crippen molar-refractivity contribution in [2.24, 2.45) is 0 Å². The van der Waals surface area contributed by atoms with E-state index in [2.05, 4.69) is 84.9 Å². The predicted molar refractivity (Wildman–Crippen MR) is 226 cm³/mol. The Labute approximate surface area is 325 Å². The summed E-state index contributed by atoms with van der Waals surface area (Å²) in [6, 6.07) is 65.8. The number of para-hydroxylation sites is 4. The predicted octanol–water partition coefficient (Wildman–Crippen LogP) is 14.7. The van der Waals surface area contributed by atoms with Crippen molar-refractivity contribution in [1.82, 2.24) is 0 Å². The van der Waals surface area contributed by atoms with E-state index in [9.17, 15) is 0 Å². The van der Waals surface area contributed by atoms with Crippen molar-refractivity contribution in [2.75, 3.05) is 0 Å². The number of rotatable bonds is 10. The number of hydrogen-bond acceptors (Lipinski definition) is 5. The summed E-state index contributed by atoms with van der Waals surface area (Å²) in [5.74, 6) is 3.06. The first-order valence-electron chi connectivity index (χ1n) is 17.3. The number of thiol groups is 2. The first kappa shape index (κ1) is 34.5. The van der Waals surface area contributed by atoms with E-state index in [4.69, 9.17) is 34.7 Å². The van der Waals surface area contributed by atoms with Crippen molar-refractivity contribution in [3.63, 3.8) is 0 Å². The molecule has 8 aromatic carbocycles. The van der Waals surface area contributed by atoms with Crippen LogP contribution in [0.4, 0.5) is 0 Å². The van der Waals surface area contributed by atoms with Crippen molar-refractivity contribution in [3.8, 4) is 67.5 Å². The average molecular weight is 739 g/mol. The lowest BCUT2D eigenvalue weighted by atomic mass is 9.98. The van der Waals surface area contributed by atoms with Crippen LogP contribution in [0, 0.1) is 0 Å². The Hall–Kier alpha value is -5.59. The van der Waals surface area contributed by atoms with E-state index >= 15 is 0 Å².